The number of hydrogen-bond acceptors (Lipinski definition) is 3. The Labute approximate surface area is 330 Å². The minimum Gasteiger partial charge on any atom is -0.326 e. The van der Waals surface area contributed by atoms with Gasteiger partial charge in [0.05, 0.1) is 0 Å². The minimum atomic E-state index is 0.640. The summed E-state index contributed by atoms with van der Waals surface area (Å²) in [6.45, 7) is 14.7. The fourth-order valence-corrected chi connectivity index (χ4v) is 7.40. The number of nitrogens with two attached hydrogens (primary N) is 1. The first-order valence-electron chi connectivity index (χ1n) is 18.3. The van der Waals surface area contributed by atoms with Crippen molar-refractivity contribution in [3.8, 4) is 33.4 Å². The molecule has 1 heterocycles. The van der Waals surface area contributed by atoms with E-state index in [1.807, 2.05) is 61.5 Å². The third-order valence-corrected chi connectivity index (χ3v) is 10.3. The van der Waals surface area contributed by atoms with Gasteiger partial charge in [0.25, 0.3) is 0 Å². The number of fused-ring (bicyclic) bond motifs is 3. The summed E-state index contributed by atoms with van der Waals surface area (Å²) in [6, 6.07) is 59.2. The van der Waals surface area contributed by atoms with Gasteiger partial charge in [0.2, 0.25) is 0 Å². The van der Waals surface area contributed by atoms with Crippen LogP contribution in [0.25, 0.3) is 59.1 Å². The van der Waals surface area contributed by atoms with Gasteiger partial charge in [0.1, 0.15) is 0 Å². The Morgan fingerprint density at radius 1 is 0.600 bits per heavy atom. The topological polar surface area (TPSA) is 49.9 Å². The van der Waals surface area contributed by atoms with E-state index in [1.54, 1.807) is 11.3 Å². The average Bonchev–Trinajstić information content (AvgIpc) is 3.65. The molecule has 0 amide bonds. The van der Waals surface area contributed by atoms with Crippen LogP contribution in [0.3, 0.4) is 0 Å². The number of benzene rings is 7. The van der Waals surface area contributed by atoms with Gasteiger partial charge in [-0.3, -0.25) is 0 Å². The second-order valence-corrected chi connectivity index (χ2v) is 13.8. The smallest absolute Gasteiger partial charge is 0.0361 e. The molecule has 7 aromatic carbocycles. The highest BCUT2D eigenvalue weighted by molar-refractivity contribution is 7.25. The van der Waals surface area contributed by atoms with Crippen molar-refractivity contribution in [1.82, 2.24) is 0 Å². The Bertz CT molecular complexity index is 2470. The maximum atomic E-state index is 7.74. The van der Waals surface area contributed by atoms with E-state index in [4.69, 9.17) is 11.1 Å². The molecule has 0 fully saturated rings. The van der Waals surface area contributed by atoms with E-state index in [0.717, 1.165) is 11.1 Å². The zero-order valence-corrected chi connectivity index (χ0v) is 32.5. The zero-order valence-electron chi connectivity index (χ0n) is 31.7. The molecule has 0 radical (unpaired) electrons. The molecule has 0 saturated carbocycles. The number of rotatable bonds is 7. The minimum absolute atomic E-state index is 0.640. The van der Waals surface area contributed by atoms with E-state index in [1.165, 1.54) is 76.5 Å². The van der Waals surface area contributed by atoms with Gasteiger partial charge in [-0.2, -0.15) is 0 Å². The molecule has 0 saturated heterocycles. The molecule has 0 spiro atoms. The van der Waals surface area contributed by atoms with Gasteiger partial charge in [0.15, 0.2) is 0 Å². The summed E-state index contributed by atoms with van der Waals surface area (Å²) < 4.78 is 2.49. The number of nitrogens with one attached hydrogen (secondary N) is 1. The third kappa shape index (κ3) is 10.2. The Morgan fingerprint density at radius 2 is 1.13 bits per heavy atom. The van der Waals surface area contributed by atoms with Crippen LogP contribution in [0.1, 0.15) is 29.2 Å². The van der Waals surface area contributed by atoms with Crippen molar-refractivity contribution >= 4 is 43.3 Å². The zero-order chi connectivity index (χ0) is 39.0. The number of thiophene rings is 1. The van der Waals surface area contributed by atoms with Crippen LogP contribution < -0.4 is 5.73 Å². The highest BCUT2D eigenvalue weighted by atomic mass is 32.1. The first kappa shape index (κ1) is 39.8. The summed E-state index contributed by atoms with van der Waals surface area (Å²) >= 11 is 1.78. The van der Waals surface area contributed by atoms with Crippen LogP contribution in [-0.4, -0.2) is 6.21 Å². The maximum absolute atomic E-state index is 7.74. The monoisotopic (exact) mass is 732 g/mol. The maximum Gasteiger partial charge on any atom is 0.0361 e. The molecule has 0 aliphatic heterocycles. The van der Waals surface area contributed by atoms with Gasteiger partial charge in [-0.05, 0) is 88.2 Å². The van der Waals surface area contributed by atoms with Gasteiger partial charge < -0.3 is 11.1 Å². The Balaban J connectivity index is 0.000000174. The molecule has 8 aromatic rings. The number of aryl methyl sites for hydroxylation is 1. The lowest BCUT2D eigenvalue weighted by atomic mass is 9.97. The van der Waals surface area contributed by atoms with Crippen LogP contribution in [-0.2, 0) is 6.54 Å². The molecule has 8 rings (SSSR count). The van der Waals surface area contributed by atoms with Gasteiger partial charge in [-0.1, -0.05) is 170 Å². The van der Waals surface area contributed by atoms with Crippen molar-refractivity contribution < 1.29 is 0 Å². The lowest BCUT2D eigenvalue weighted by Crippen LogP contribution is -1.94. The summed E-state index contributed by atoms with van der Waals surface area (Å²) in [5.41, 5.74) is 18.6. The number of allylic oxidation sites excluding steroid dienone is 3. The van der Waals surface area contributed by atoms with Crippen LogP contribution in [0, 0.1) is 12.3 Å². The molecular formula is C52H48N2S. The SMILES string of the molecule is C=C.C=C/C(=C\C)c1cccc(-c2ccc3sc4cccc(C=N)c4c3c2)c1.Cc1ccc(-c2ccc(-c3ccccc3)cc2)cc1.NCc1ccccc1. The Kier molecular flexibility index (Phi) is 14.6. The van der Waals surface area contributed by atoms with Crippen LogP contribution >= 0.6 is 11.3 Å². The molecule has 3 heteroatoms. The van der Waals surface area contributed by atoms with Crippen molar-refractivity contribution in [2.45, 2.75) is 20.4 Å². The lowest BCUT2D eigenvalue weighted by Gasteiger charge is -2.07. The lowest BCUT2D eigenvalue weighted by molar-refractivity contribution is 1.07. The summed E-state index contributed by atoms with van der Waals surface area (Å²) in [6.07, 6.45) is 5.42. The molecule has 55 heavy (non-hydrogen) atoms. The third-order valence-electron chi connectivity index (χ3n) is 9.20. The van der Waals surface area contributed by atoms with Gasteiger partial charge in [0, 0.05) is 38.5 Å². The summed E-state index contributed by atoms with van der Waals surface area (Å²) in [4.78, 5) is 0. The van der Waals surface area contributed by atoms with E-state index >= 15 is 0 Å². The van der Waals surface area contributed by atoms with Crippen molar-refractivity contribution in [1.29, 1.82) is 5.41 Å². The molecule has 3 N–H and O–H groups in total. The van der Waals surface area contributed by atoms with E-state index < -0.39 is 0 Å². The Morgan fingerprint density at radius 3 is 1.69 bits per heavy atom. The van der Waals surface area contributed by atoms with Crippen molar-refractivity contribution in [3.63, 3.8) is 0 Å². The largest absolute Gasteiger partial charge is 0.326 e. The second kappa shape index (κ2) is 20.2. The van der Waals surface area contributed by atoms with E-state index in [2.05, 4.69) is 154 Å². The molecule has 272 valence electrons. The average molecular weight is 733 g/mol. The highest BCUT2D eigenvalue weighted by Gasteiger charge is 2.10. The standard InChI is InChI=1S/C24H19NS.C19H16.C7H9N.C2H4/c1-3-16(4-2)17-7-5-8-18(13-17)19-11-12-22-21(14-19)24-20(15-25)9-6-10-23(24)26-22;1-15-7-9-17(10-8-15)19-13-11-18(12-14-19)16-5-3-2-4-6-16;8-6-7-4-2-1-3-5-7;1-2/h3-15,25H,1H2,2H3;2-14H,1H3;1-5H,6,8H2;1-2H2/b16-4+,25-15?;;;. The fourth-order valence-electron chi connectivity index (χ4n) is 6.28. The van der Waals surface area contributed by atoms with Crippen molar-refractivity contribution in [2.75, 3.05) is 0 Å². The first-order valence-corrected chi connectivity index (χ1v) is 19.1. The van der Waals surface area contributed by atoms with Crippen LogP contribution in [0.2, 0.25) is 0 Å². The molecule has 0 aliphatic rings. The van der Waals surface area contributed by atoms with Crippen LogP contribution in [0.4, 0.5) is 0 Å². The quantitative estimate of drug-likeness (QED) is 0.0957. The first-order chi connectivity index (χ1) is 27.0. The summed E-state index contributed by atoms with van der Waals surface area (Å²) in [5.74, 6) is 0. The van der Waals surface area contributed by atoms with Crippen molar-refractivity contribution in [2.24, 2.45) is 5.73 Å². The molecule has 0 bridgehead atoms. The predicted octanol–water partition coefficient (Wildman–Crippen LogP) is 14.6. The second-order valence-electron chi connectivity index (χ2n) is 12.7. The van der Waals surface area contributed by atoms with Gasteiger partial charge in [-0.25, -0.2) is 0 Å². The summed E-state index contributed by atoms with van der Waals surface area (Å²) in [7, 11) is 0. The normalized spacial score (nSPS) is 10.6. The molecule has 0 aliphatic carbocycles. The van der Waals surface area contributed by atoms with Crippen LogP contribution in [0.5, 0.6) is 0 Å². The molecule has 0 unspecified atom stereocenters. The predicted molar refractivity (Wildman–Crippen MR) is 244 cm³/mol. The van der Waals surface area contributed by atoms with Gasteiger partial charge >= 0.3 is 0 Å². The molecule has 2 nitrogen and oxygen atoms in total. The molecular weight excluding hydrogens is 685 g/mol. The van der Waals surface area contributed by atoms with E-state index in [9.17, 15) is 0 Å². The van der Waals surface area contributed by atoms with E-state index in [0.29, 0.717) is 6.54 Å². The highest BCUT2D eigenvalue weighted by Crippen LogP contribution is 2.38. The van der Waals surface area contributed by atoms with Crippen LogP contribution in [0.15, 0.2) is 202 Å². The Hall–Kier alpha value is -6.39. The number of hydrogen-bond donors (Lipinski definition) is 2. The molecule has 0 atom stereocenters. The van der Waals surface area contributed by atoms with Crippen molar-refractivity contribution in [3.05, 3.63) is 224 Å². The fraction of sp³-hybridized carbons (Fsp3) is 0.0577. The van der Waals surface area contributed by atoms with Gasteiger partial charge in [-0.15, -0.1) is 24.5 Å². The van der Waals surface area contributed by atoms with E-state index in [-0.39, 0.29) is 0 Å². The molecule has 1 aromatic heterocycles. The summed E-state index contributed by atoms with van der Waals surface area (Å²) in [5, 5.41) is 10.1.